The van der Waals surface area contributed by atoms with Gasteiger partial charge in [0.1, 0.15) is 0 Å². The summed E-state index contributed by atoms with van der Waals surface area (Å²) in [5.41, 5.74) is 1.86. The van der Waals surface area contributed by atoms with E-state index in [-0.39, 0.29) is 5.01 Å². The van der Waals surface area contributed by atoms with Crippen molar-refractivity contribution in [2.45, 2.75) is 26.3 Å². The van der Waals surface area contributed by atoms with Gasteiger partial charge in [-0.2, -0.15) is 4.37 Å². The zero-order chi connectivity index (χ0) is 18.8. The van der Waals surface area contributed by atoms with E-state index < -0.39 is 5.97 Å². The third-order valence-corrected chi connectivity index (χ3v) is 5.76. The molecule has 3 heterocycles. The van der Waals surface area contributed by atoms with Crippen LogP contribution in [0.2, 0.25) is 5.02 Å². The number of benzene rings is 1. The van der Waals surface area contributed by atoms with Gasteiger partial charge in [0.15, 0.2) is 5.82 Å². The van der Waals surface area contributed by atoms with Crippen molar-refractivity contribution in [1.82, 2.24) is 13.9 Å². The molecule has 6 nitrogen and oxygen atoms in total. The van der Waals surface area contributed by atoms with E-state index in [1.807, 2.05) is 24.4 Å². The highest BCUT2D eigenvalue weighted by molar-refractivity contribution is 7.07. The third-order valence-electron chi connectivity index (χ3n) is 4.76. The van der Waals surface area contributed by atoms with Crippen LogP contribution in [-0.2, 0) is 16.0 Å². The molecule has 1 aliphatic rings. The van der Waals surface area contributed by atoms with Crippen LogP contribution in [0, 0.1) is 5.92 Å². The number of carbonyl (C=O) groups is 1. The summed E-state index contributed by atoms with van der Waals surface area (Å²) < 4.78 is 17.1. The SMILES string of the molecule is CCOC(=O)c1nc(-c2cn(CC3CCOCC3)c3c(Cl)cccc23)ns1. The zero-order valence-electron chi connectivity index (χ0n) is 15.0. The summed E-state index contributed by atoms with van der Waals surface area (Å²) in [7, 11) is 0. The average molecular weight is 406 g/mol. The van der Waals surface area contributed by atoms with Crippen LogP contribution < -0.4 is 0 Å². The zero-order valence-corrected chi connectivity index (χ0v) is 16.6. The number of ether oxygens (including phenoxy) is 2. The number of rotatable bonds is 5. The first-order valence-corrected chi connectivity index (χ1v) is 10.2. The van der Waals surface area contributed by atoms with E-state index >= 15 is 0 Å². The van der Waals surface area contributed by atoms with E-state index in [1.54, 1.807) is 6.92 Å². The summed E-state index contributed by atoms with van der Waals surface area (Å²) in [5.74, 6) is 0.642. The minimum Gasteiger partial charge on any atom is -0.461 e. The van der Waals surface area contributed by atoms with Crippen molar-refractivity contribution in [3.05, 3.63) is 34.4 Å². The van der Waals surface area contributed by atoms with Gasteiger partial charge in [-0.3, -0.25) is 0 Å². The summed E-state index contributed by atoms with van der Waals surface area (Å²) in [5, 5.41) is 1.95. The first kappa shape index (κ1) is 18.4. The van der Waals surface area contributed by atoms with E-state index in [1.165, 1.54) is 0 Å². The maximum absolute atomic E-state index is 11.9. The number of hydrogen-bond donors (Lipinski definition) is 0. The predicted octanol–water partition coefficient (Wildman–Crippen LogP) is 4.42. The van der Waals surface area contributed by atoms with Gasteiger partial charge in [-0.1, -0.05) is 23.7 Å². The van der Waals surface area contributed by atoms with Gasteiger partial charge in [-0.25, -0.2) is 9.78 Å². The quantitative estimate of drug-likeness (QED) is 0.588. The molecule has 0 bridgehead atoms. The number of halogens is 1. The molecule has 0 amide bonds. The number of para-hydroxylation sites is 1. The Morgan fingerprint density at radius 3 is 3.00 bits per heavy atom. The highest BCUT2D eigenvalue weighted by atomic mass is 35.5. The molecule has 0 atom stereocenters. The molecule has 0 aliphatic carbocycles. The van der Waals surface area contributed by atoms with Gasteiger partial charge in [-0.05, 0) is 43.3 Å². The van der Waals surface area contributed by atoms with Gasteiger partial charge in [0, 0.05) is 36.9 Å². The van der Waals surface area contributed by atoms with Crippen LogP contribution in [0.4, 0.5) is 0 Å². The molecular formula is C19H20ClN3O3S. The van der Waals surface area contributed by atoms with E-state index in [9.17, 15) is 4.79 Å². The summed E-state index contributed by atoms with van der Waals surface area (Å²) in [6, 6.07) is 5.83. The Bertz CT molecular complexity index is 962. The van der Waals surface area contributed by atoms with Crippen molar-refractivity contribution >= 4 is 40.0 Å². The van der Waals surface area contributed by atoms with Gasteiger partial charge in [0.2, 0.25) is 5.01 Å². The number of carbonyl (C=O) groups excluding carboxylic acids is 1. The van der Waals surface area contributed by atoms with Crippen LogP contribution in [0.5, 0.6) is 0 Å². The minimum atomic E-state index is -0.440. The minimum absolute atomic E-state index is 0.263. The fraction of sp³-hybridized carbons (Fsp3) is 0.421. The number of esters is 1. The number of aromatic nitrogens is 3. The lowest BCUT2D eigenvalue weighted by Crippen LogP contribution is -2.20. The van der Waals surface area contributed by atoms with Crippen molar-refractivity contribution in [3.8, 4) is 11.4 Å². The molecule has 4 rings (SSSR count). The molecule has 8 heteroatoms. The Morgan fingerprint density at radius 1 is 1.41 bits per heavy atom. The summed E-state index contributed by atoms with van der Waals surface area (Å²) in [6.07, 6.45) is 4.13. The maximum Gasteiger partial charge on any atom is 0.369 e. The Morgan fingerprint density at radius 2 is 2.22 bits per heavy atom. The van der Waals surface area contributed by atoms with Gasteiger partial charge < -0.3 is 14.0 Å². The molecule has 27 heavy (non-hydrogen) atoms. The number of fused-ring (bicyclic) bond motifs is 1. The fourth-order valence-corrected chi connectivity index (χ4v) is 4.31. The van der Waals surface area contributed by atoms with Crippen molar-refractivity contribution in [2.24, 2.45) is 5.92 Å². The molecule has 0 N–H and O–H groups in total. The molecule has 0 radical (unpaired) electrons. The van der Waals surface area contributed by atoms with Crippen LogP contribution in [0.15, 0.2) is 24.4 Å². The van der Waals surface area contributed by atoms with Gasteiger partial charge in [0.05, 0.1) is 17.1 Å². The number of hydrogen-bond acceptors (Lipinski definition) is 6. The van der Waals surface area contributed by atoms with Gasteiger partial charge in [0.25, 0.3) is 0 Å². The smallest absolute Gasteiger partial charge is 0.369 e. The Hall–Kier alpha value is -1.96. The molecule has 1 fully saturated rings. The molecule has 1 aliphatic heterocycles. The first-order valence-electron chi connectivity index (χ1n) is 9.03. The van der Waals surface area contributed by atoms with Crippen LogP contribution in [0.1, 0.15) is 29.6 Å². The second kappa shape index (κ2) is 7.96. The molecule has 0 spiro atoms. The molecule has 1 saturated heterocycles. The summed E-state index contributed by atoms with van der Waals surface area (Å²) in [4.78, 5) is 16.3. The van der Waals surface area contributed by atoms with Crippen LogP contribution >= 0.6 is 23.1 Å². The largest absolute Gasteiger partial charge is 0.461 e. The lowest BCUT2D eigenvalue weighted by Gasteiger charge is -2.23. The number of nitrogens with zero attached hydrogens (tertiary/aromatic N) is 3. The van der Waals surface area contributed by atoms with Crippen LogP contribution in [-0.4, -0.2) is 39.7 Å². The van der Waals surface area contributed by atoms with Crippen molar-refractivity contribution in [2.75, 3.05) is 19.8 Å². The van der Waals surface area contributed by atoms with E-state index in [0.29, 0.717) is 23.4 Å². The van der Waals surface area contributed by atoms with E-state index in [4.69, 9.17) is 21.1 Å². The highest BCUT2D eigenvalue weighted by Gasteiger charge is 2.21. The predicted molar refractivity (Wildman–Crippen MR) is 105 cm³/mol. The second-order valence-electron chi connectivity index (χ2n) is 6.53. The standard InChI is InChI=1S/C19H20ClN3O3S/c1-2-26-19(24)18-21-17(22-27-18)14-11-23(10-12-6-8-25-9-7-12)16-13(14)4-3-5-15(16)20/h3-5,11-12H,2,6-10H2,1H3. The topological polar surface area (TPSA) is 66.2 Å². The molecule has 1 aromatic carbocycles. The van der Waals surface area contributed by atoms with Gasteiger partial charge >= 0.3 is 5.97 Å². The Balaban J connectivity index is 1.73. The second-order valence-corrected chi connectivity index (χ2v) is 7.69. The average Bonchev–Trinajstić information content (AvgIpc) is 3.29. The molecule has 142 valence electrons. The van der Waals surface area contributed by atoms with Crippen molar-refractivity contribution in [3.63, 3.8) is 0 Å². The molecule has 3 aromatic rings. The fourth-order valence-electron chi connectivity index (χ4n) is 3.45. The summed E-state index contributed by atoms with van der Waals surface area (Å²) in [6.45, 7) is 4.57. The maximum atomic E-state index is 11.9. The first-order chi connectivity index (χ1) is 13.2. The summed E-state index contributed by atoms with van der Waals surface area (Å²) >= 11 is 7.58. The normalized spacial score (nSPS) is 15.3. The molecule has 2 aromatic heterocycles. The van der Waals surface area contributed by atoms with E-state index in [2.05, 4.69) is 13.9 Å². The molecular weight excluding hydrogens is 386 g/mol. The van der Waals surface area contributed by atoms with Crippen LogP contribution in [0.3, 0.4) is 0 Å². The van der Waals surface area contributed by atoms with Crippen molar-refractivity contribution in [1.29, 1.82) is 0 Å². The van der Waals surface area contributed by atoms with Crippen LogP contribution in [0.25, 0.3) is 22.3 Å². The Labute approximate surface area is 166 Å². The third kappa shape index (κ3) is 3.72. The Kier molecular flexibility index (Phi) is 5.43. The van der Waals surface area contributed by atoms with Crippen molar-refractivity contribution < 1.29 is 14.3 Å². The lowest BCUT2D eigenvalue weighted by molar-refractivity contribution is 0.0526. The molecule has 0 saturated carbocycles. The highest BCUT2D eigenvalue weighted by Crippen LogP contribution is 2.35. The monoisotopic (exact) mass is 405 g/mol. The van der Waals surface area contributed by atoms with E-state index in [0.717, 1.165) is 60.6 Å². The molecule has 0 unspecified atom stereocenters. The van der Waals surface area contributed by atoms with Gasteiger partial charge in [-0.15, -0.1) is 0 Å². The lowest BCUT2D eigenvalue weighted by atomic mass is 10.0.